The van der Waals surface area contributed by atoms with Crippen LogP contribution in [0.5, 0.6) is 11.5 Å². The maximum absolute atomic E-state index is 11.9. The van der Waals surface area contributed by atoms with Gasteiger partial charge in [-0.25, -0.2) is 0 Å². The van der Waals surface area contributed by atoms with E-state index in [9.17, 15) is 9.90 Å². The van der Waals surface area contributed by atoms with E-state index in [0.29, 0.717) is 11.3 Å². The van der Waals surface area contributed by atoms with Gasteiger partial charge in [-0.05, 0) is 36.4 Å². The molecule has 1 aromatic carbocycles. The molecule has 0 bridgehead atoms. The van der Waals surface area contributed by atoms with Crippen LogP contribution in [0.15, 0.2) is 36.5 Å². The molecule has 0 spiro atoms. The number of hydrogen-bond donors (Lipinski definition) is 1. The molecule has 1 heterocycles. The van der Waals surface area contributed by atoms with E-state index in [2.05, 4.69) is 5.10 Å². The predicted molar refractivity (Wildman–Crippen MR) is 71.2 cm³/mol. The number of methoxy groups -OCH3 is 1. The zero-order chi connectivity index (χ0) is 13.8. The number of ether oxygens (including phenoxy) is 1. The van der Waals surface area contributed by atoms with Gasteiger partial charge in [0, 0.05) is 18.8 Å². The third-order valence-corrected chi connectivity index (χ3v) is 2.60. The average Bonchev–Trinajstić information content (AvgIpc) is 2.82. The van der Waals surface area contributed by atoms with E-state index >= 15 is 0 Å². The van der Waals surface area contributed by atoms with Crippen molar-refractivity contribution < 1.29 is 14.6 Å². The highest BCUT2D eigenvalue weighted by molar-refractivity contribution is 6.07. The number of hydrogen-bond acceptors (Lipinski definition) is 4. The van der Waals surface area contributed by atoms with Gasteiger partial charge in [0.1, 0.15) is 0 Å². The fourth-order valence-electron chi connectivity index (χ4n) is 1.61. The number of nitrogens with zero attached hydrogens (tertiary/aromatic N) is 2. The summed E-state index contributed by atoms with van der Waals surface area (Å²) in [5.74, 6) is 0.105. The Morgan fingerprint density at radius 2 is 2.21 bits per heavy atom. The first-order valence-electron chi connectivity index (χ1n) is 5.69. The topological polar surface area (TPSA) is 64.4 Å². The number of phenols is 1. The van der Waals surface area contributed by atoms with Crippen LogP contribution in [0.2, 0.25) is 0 Å². The number of carbonyl (C=O) groups excluding carboxylic acids is 1. The summed E-state index contributed by atoms with van der Waals surface area (Å²) >= 11 is 0. The maximum atomic E-state index is 11.9. The minimum absolute atomic E-state index is 0.00718. The molecule has 0 aliphatic rings. The monoisotopic (exact) mass is 258 g/mol. The van der Waals surface area contributed by atoms with Crippen LogP contribution in [0, 0.1) is 0 Å². The van der Waals surface area contributed by atoms with E-state index < -0.39 is 0 Å². The van der Waals surface area contributed by atoms with Crippen LogP contribution in [0.3, 0.4) is 0 Å². The molecule has 1 aromatic heterocycles. The Kier molecular flexibility index (Phi) is 3.66. The van der Waals surface area contributed by atoms with Crippen LogP contribution in [0.1, 0.15) is 16.1 Å². The lowest BCUT2D eigenvalue weighted by molar-refractivity contribution is 0.104. The first-order valence-corrected chi connectivity index (χ1v) is 5.69. The standard InChI is InChI=1S/C14H14N2O3/c1-16-8-7-11(15-16)4-6-12(17)10-3-5-13(18)14(9-10)19-2/h3-9,18H,1-2H3/b6-4+. The van der Waals surface area contributed by atoms with E-state index in [1.54, 1.807) is 29.1 Å². The summed E-state index contributed by atoms with van der Waals surface area (Å²) in [7, 11) is 3.25. The van der Waals surface area contributed by atoms with Crippen molar-refractivity contribution in [1.82, 2.24) is 9.78 Å². The molecule has 2 rings (SSSR count). The summed E-state index contributed by atoms with van der Waals surface area (Å²) < 4.78 is 6.62. The Morgan fingerprint density at radius 1 is 1.42 bits per heavy atom. The van der Waals surface area contributed by atoms with Gasteiger partial charge in [0.2, 0.25) is 0 Å². The van der Waals surface area contributed by atoms with Crippen molar-refractivity contribution >= 4 is 11.9 Å². The summed E-state index contributed by atoms with van der Waals surface area (Å²) in [6, 6.07) is 6.28. The Labute approximate surface area is 110 Å². The molecule has 0 saturated heterocycles. The molecule has 0 amide bonds. The molecule has 5 heteroatoms. The van der Waals surface area contributed by atoms with Crippen molar-refractivity contribution in [2.45, 2.75) is 0 Å². The van der Waals surface area contributed by atoms with E-state index in [-0.39, 0.29) is 17.3 Å². The molecule has 98 valence electrons. The number of rotatable bonds is 4. The molecule has 1 N–H and O–H groups in total. The van der Waals surface area contributed by atoms with Crippen LogP contribution in [0.4, 0.5) is 0 Å². The number of ketones is 1. The van der Waals surface area contributed by atoms with Crippen molar-refractivity contribution in [3.63, 3.8) is 0 Å². The highest BCUT2D eigenvalue weighted by Crippen LogP contribution is 2.26. The van der Waals surface area contributed by atoms with Gasteiger partial charge in [0.25, 0.3) is 0 Å². The molecule has 2 aromatic rings. The van der Waals surface area contributed by atoms with Crippen molar-refractivity contribution in [2.75, 3.05) is 7.11 Å². The largest absolute Gasteiger partial charge is 0.504 e. The summed E-state index contributed by atoms with van der Waals surface area (Å²) in [5, 5.41) is 13.6. The third-order valence-electron chi connectivity index (χ3n) is 2.60. The number of allylic oxidation sites excluding steroid dienone is 1. The summed E-state index contributed by atoms with van der Waals surface area (Å²) in [6.07, 6.45) is 4.88. The van der Waals surface area contributed by atoms with Gasteiger partial charge in [-0.1, -0.05) is 0 Å². The van der Waals surface area contributed by atoms with E-state index in [4.69, 9.17) is 4.74 Å². The molecule has 0 aliphatic carbocycles. The second-order valence-corrected chi connectivity index (χ2v) is 4.00. The SMILES string of the molecule is COc1cc(C(=O)/C=C/c2ccn(C)n2)ccc1O. The summed E-state index contributed by atoms with van der Waals surface area (Å²) in [4.78, 5) is 11.9. The first kappa shape index (κ1) is 12.9. The van der Waals surface area contributed by atoms with Gasteiger partial charge in [-0.2, -0.15) is 5.10 Å². The first-order chi connectivity index (χ1) is 9.10. The van der Waals surface area contributed by atoms with Gasteiger partial charge in [-0.15, -0.1) is 0 Å². The quantitative estimate of drug-likeness (QED) is 0.673. The maximum Gasteiger partial charge on any atom is 0.186 e. The zero-order valence-corrected chi connectivity index (χ0v) is 10.7. The second-order valence-electron chi connectivity index (χ2n) is 4.00. The van der Waals surface area contributed by atoms with Crippen LogP contribution >= 0.6 is 0 Å². The van der Waals surface area contributed by atoms with Crippen molar-refractivity contribution in [3.8, 4) is 11.5 Å². The predicted octanol–water partition coefficient (Wildman–Crippen LogP) is 2.03. The fraction of sp³-hybridized carbons (Fsp3) is 0.143. The molecule has 0 atom stereocenters. The van der Waals surface area contributed by atoms with Gasteiger partial charge in [0.15, 0.2) is 17.3 Å². The lowest BCUT2D eigenvalue weighted by atomic mass is 10.1. The van der Waals surface area contributed by atoms with E-state index in [0.717, 1.165) is 0 Å². The molecule has 5 nitrogen and oxygen atoms in total. The highest BCUT2D eigenvalue weighted by atomic mass is 16.5. The number of aromatic hydroxyl groups is 1. The van der Waals surface area contributed by atoms with Gasteiger partial charge in [0.05, 0.1) is 12.8 Å². The van der Waals surface area contributed by atoms with Crippen LogP contribution in [-0.4, -0.2) is 27.8 Å². The highest BCUT2D eigenvalue weighted by Gasteiger charge is 2.07. The molecule has 0 unspecified atom stereocenters. The van der Waals surface area contributed by atoms with Gasteiger partial charge >= 0.3 is 0 Å². The number of carbonyl (C=O) groups is 1. The average molecular weight is 258 g/mol. The number of aryl methyl sites for hydroxylation is 1. The van der Waals surface area contributed by atoms with Crippen molar-refractivity contribution in [2.24, 2.45) is 7.05 Å². The number of benzene rings is 1. The Bertz CT molecular complexity index is 629. The number of phenolic OH excluding ortho intramolecular Hbond substituents is 1. The van der Waals surface area contributed by atoms with Crippen LogP contribution in [0.25, 0.3) is 6.08 Å². The van der Waals surface area contributed by atoms with Crippen molar-refractivity contribution in [1.29, 1.82) is 0 Å². The minimum atomic E-state index is -0.177. The van der Waals surface area contributed by atoms with Crippen LogP contribution < -0.4 is 4.74 Å². The molecular formula is C14H14N2O3. The third kappa shape index (κ3) is 3.01. The summed E-state index contributed by atoms with van der Waals surface area (Å²) in [5.41, 5.74) is 1.16. The lowest BCUT2D eigenvalue weighted by Crippen LogP contribution is -1.95. The molecule has 0 radical (unpaired) electrons. The smallest absolute Gasteiger partial charge is 0.186 e. The zero-order valence-electron chi connectivity index (χ0n) is 10.7. The molecule has 19 heavy (non-hydrogen) atoms. The lowest BCUT2D eigenvalue weighted by Gasteiger charge is -2.04. The van der Waals surface area contributed by atoms with Gasteiger partial charge < -0.3 is 9.84 Å². The Morgan fingerprint density at radius 3 is 2.84 bits per heavy atom. The molecule has 0 fully saturated rings. The Hall–Kier alpha value is -2.56. The molecule has 0 aliphatic heterocycles. The normalized spacial score (nSPS) is 10.8. The summed E-state index contributed by atoms with van der Waals surface area (Å²) in [6.45, 7) is 0. The van der Waals surface area contributed by atoms with Crippen LogP contribution in [-0.2, 0) is 7.05 Å². The van der Waals surface area contributed by atoms with E-state index in [1.165, 1.54) is 25.3 Å². The van der Waals surface area contributed by atoms with Gasteiger partial charge in [-0.3, -0.25) is 9.48 Å². The second kappa shape index (κ2) is 5.39. The minimum Gasteiger partial charge on any atom is -0.504 e. The molecular weight excluding hydrogens is 244 g/mol. The van der Waals surface area contributed by atoms with E-state index in [1.807, 2.05) is 7.05 Å². The number of aromatic nitrogens is 2. The Balaban J connectivity index is 2.18. The van der Waals surface area contributed by atoms with Crippen molar-refractivity contribution in [3.05, 3.63) is 47.8 Å². The molecule has 0 saturated carbocycles. The fourth-order valence-corrected chi connectivity index (χ4v) is 1.61.